The molecule has 2 N–H and O–H groups in total. The minimum absolute atomic E-state index is 0.115. The Morgan fingerprint density at radius 2 is 1.22 bits per heavy atom. The third kappa shape index (κ3) is 6.96. The maximum Gasteiger partial charge on any atom is 0.407 e. The molecule has 1 aliphatic carbocycles. The van der Waals surface area contributed by atoms with Crippen LogP contribution in [0.3, 0.4) is 0 Å². The van der Waals surface area contributed by atoms with E-state index in [4.69, 9.17) is 9.47 Å². The van der Waals surface area contributed by atoms with Gasteiger partial charge in [0.05, 0.1) is 0 Å². The quantitative estimate of drug-likeness (QED) is 0.105. The number of rotatable bonds is 12. The summed E-state index contributed by atoms with van der Waals surface area (Å²) in [5, 5.41) is 5.48. The van der Waals surface area contributed by atoms with Gasteiger partial charge < -0.3 is 20.1 Å². The number of hydrogen-bond donors (Lipinski definition) is 2. The van der Waals surface area contributed by atoms with Gasteiger partial charge in [-0.25, -0.2) is 9.59 Å². The molecule has 0 radical (unpaired) electrons. The van der Waals surface area contributed by atoms with E-state index >= 15 is 0 Å². The molecule has 248 valence electrons. The minimum atomic E-state index is -1.39. The van der Waals surface area contributed by atoms with Crippen molar-refractivity contribution >= 4 is 29.7 Å². The predicted octanol–water partition coefficient (Wildman–Crippen LogP) is 7.54. The second-order valence-corrected chi connectivity index (χ2v) is 12.8. The summed E-state index contributed by atoms with van der Waals surface area (Å²) < 4.78 is 12.5. The number of alkyl carbamates (subject to hydrolysis) is 1. The van der Waals surface area contributed by atoms with Crippen molar-refractivity contribution in [2.45, 2.75) is 24.0 Å². The van der Waals surface area contributed by atoms with Crippen molar-refractivity contribution in [1.82, 2.24) is 10.6 Å². The number of nitrogens with one attached hydrogen (secondary N) is 2. The van der Waals surface area contributed by atoms with Crippen LogP contribution in [0.1, 0.15) is 50.5 Å². The van der Waals surface area contributed by atoms with E-state index in [2.05, 4.69) is 34.9 Å². The molecule has 0 aromatic heterocycles. The summed E-state index contributed by atoms with van der Waals surface area (Å²) in [4.78, 5) is 40.2. The summed E-state index contributed by atoms with van der Waals surface area (Å²) in [5.74, 6) is -0.339. The fourth-order valence-corrected chi connectivity index (χ4v) is 6.98. The van der Waals surface area contributed by atoms with Gasteiger partial charge in [0.2, 0.25) is 0 Å². The summed E-state index contributed by atoms with van der Waals surface area (Å²) in [6.45, 7) is 0.125. The van der Waals surface area contributed by atoms with E-state index in [9.17, 15) is 14.4 Å². The first kappa shape index (κ1) is 33.6. The highest BCUT2D eigenvalue weighted by Crippen LogP contribution is 2.45. The largest absolute Gasteiger partial charge is 0.449 e. The average molecular weight is 671 g/mol. The summed E-state index contributed by atoms with van der Waals surface area (Å²) in [6, 6.07) is 41.3. The Morgan fingerprint density at radius 1 is 0.714 bits per heavy atom. The van der Waals surface area contributed by atoms with E-state index in [0.29, 0.717) is 34.4 Å². The van der Waals surface area contributed by atoms with Crippen LogP contribution in [-0.2, 0) is 19.9 Å². The Kier molecular flexibility index (Phi) is 10.4. The lowest BCUT2D eigenvalue weighted by molar-refractivity contribution is -0.156. The van der Waals surface area contributed by atoms with Gasteiger partial charge in [0.25, 0.3) is 5.91 Å². The van der Waals surface area contributed by atoms with E-state index in [1.807, 2.05) is 91.2 Å². The first-order valence-corrected chi connectivity index (χ1v) is 17.6. The third-order valence-corrected chi connectivity index (χ3v) is 9.57. The van der Waals surface area contributed by atoms with Gasteiger partial charge >= 0.3 is 12.1 Å². The van der Waals surface area contributed by atoms with E-state index in [0.717, 1.165) is 22.3 Å². The normalized spacial score (nSPS) is 12.7. The lowest BCUT2D eigenvalue weighted by Crippen LogP contribution is -2.46. The van der Waals surface area contributed by atoms with Gasteiger partial charge in [-0.05, 0) is 52.8 Å². The Balaban J connectivity index is 1.29. The highest BCUT2D eigenvalue weighted by molar-refractivity contribution is 7.98. The van der Waals surface area contributed by atoms with Crippen molar-refractivity contribution in [3.8, 4) is 11.1 Å². The molecule has 8 heteroatoms. The molecular weight excluding hydrogens is 633 g/mol. The smallest absolute Gasteiger partial charge is 0.407 e. The molecule has 7 nitrogen and oxygen atoms in total. The lowest BCUT2D eigenvalue weighted by Gasteiger charge is -2.36. The first-order chi connectivity index (χ1) is 24.0. The van der Waals surface area contributed by atoms with Crippen LogP contribution in [0.4, 0.5) is 4.79 Å². The standard InChI is InChI=1S/C41H38N2O5S/c1-42-38(44)28-21-23-31(24-22-28)41(29-13-5-3-6-14-29,30-15-7-4-8-16-30)48-39(45)37(25-26-49-2)43-40(46)47-27-36-34-19-11-9-17-32(34)33-18-10-12-20-35(33)36/h3-24,36-37H,25-27H2,1-2H3,(H,42,44)(H,43,46)/t37-/m1/s1. The Hall–Kier alpha value is -5.34. The maximum absolute atomic E-state index is 14.4. The molecule has 0 heterocycles. The maximum atomic E-state index is 14.4. The zero-order valence-electron chi connectivity index (χ0n) is 27.4. The molecule has 0 bridgehead atoms. The summed E-state index contributed by atoms with van der Waals surface area (Å²) in [7, 11) is 1.58. The molecule has 1 aliphatic rings. The molecule has 1 atom stereocenters. The highest BCUT2D eigenvalue weighted by atomic mass is 32.2. The number of hydrogen-bond acceptors (Lipinski definition) is 6. The Morgan fingerprint density at radius 3 is 1.76 bits per heavy atom. The van der Waals surface area contributed by atoms with E-state index in [-0.39, 0.29) is 18.4 Å². The number of esters is 1. The predicted molar refractivity (Wildman–Crippen MR) is 194 cm³/mol. The van der Waals surface area contributed by atoms with Gasteiger partial charge in [-0.15, -0.1) is 0 Å². The molecule has 6 rings (SSSR count). The van der Waals surface area contributed by atoms with Gasteiger partial charge in [-0.3, -0.25) is 4.79 Å². The number of thioether (sulfide) groups is 1. The molecule has 0 spiro atoms. The fourth-order valence-electron chi connectivity index (χ4n) is 6.51. The SMILES string of the molecule is CNC(=O)c1ccc(C(OC(=O)[C@@H](CCSC)NC(=O)OCC2c3ccccc3-c3ccccc32)(c2ccccc2)c2ccccc2)cc1. The molecule has 2 amide bonds. The van der Waals surface area contributed by atoms with Gasteiger partial charge in [-0.1, -0.05) is 121 Å². The summed E-state index contributed by atoms with van der Waals surface area (Å²) >= 11 is 1.57. The molecular formula is C41H38N2O5S. The number of carbonyl (C=O) groups excluding carboxylic acids is 3. The molecule has 0 saturated heterocycles. The van der Waals surface area contributed by atoms with E-state index in [1.165, 1.54) is 0 Å². The lowest BCUT2D eigenvalue weighted by atomic mass is 9.79. The van der Waals surface area contributed by atoms with Crippen molar-refractivity contribution in [3.05, 3.63) is 167 Å². The Labute approximate surface area is 291 Å². The topological polar surface area (TPSA) is 93.7 Å². The number of carbonyl (C=O) groups is 3. The van der Waals surface area contributed by atoms with Crippen LogP contribution in [0.15, 0.2) is 133 Å². The van der Waals surface area contributed by atoms with Crippen molar-refractivity contribution in [2.24, 2.45) is 0 Å². The van der Waals surface area contributed by atoms with Crippen molar-refractivity contribution in [3.63, 3.8) is 0 Å². The number of fused-ring (bicyclic) bond motifs is 3. The first-order valence-electron chi connectivity index (χ1n) is 16.2. The Bertz CT molecular complexity index is 1830. The van der Waals surface area contributed by atoms with Crippen molar-refractivity contribution < 1.29 is 23.9 Å². The van der Waals surface area contributed by atoms with Gasteiger partial charge in [0, 0.05) is 35.2 Å². The molecule has 0 fully saturated rings. The summed E-state index contributed by atoms with van der Waals surface area (Å²) in [6.07, 6.45) is 1.59. The van der Waals surface area contributed by atoms with Gasteiger partial charge in [0.15, 0.2) is 5.60 Å². The second-order valence-electron chi connectivity index (χ2n) is 11.8. The number of benzene rings is 5. The summed E-state index contributed by atoms with van der Waals surface area (Å²) in [5.41, 5.74) is 5.64. The second kappa shape index (κ2) is 15.3. The van der Waals surface area contributed by atoms with Gasteiger partial charge in [0.1, 0.15) is 12.6 Å². The molecule has 5 aromatic carbocycles. The van der Waals surface area contributed by atoms with Crippen LogP contribution >= 0.6 is 11.8 Å². The fraction of sp³-hybridized carbons (Fsp3) is 0.195. The van der Waals surface area contributed by atoms with Crippen LogP contribution in [0.5, 0.6) is 0 Å². The number of amides is 2. The molecule has 5 aromatic rings. The zero-order chi connectivity index (χ0) is 34.2. The minimum Gasteiger partial charge on any atom is -0.449 e. The highest BCUT2D eigenvalue weighted by Gasteiger charge is 2.42. The van der Waals surface area contributed by atoms with Crippen LogP contribution in [-0.4, -0.2) is 49.7 Å². The van der Waals surface area contributed by atoms with Gasteiger partial charge in [-0.2, -0.15) is 11.8 Å². The van der Waals surface area contributed by atoms with E-state index in [1.54, 1.807) is 43.1 Å². The van der Waals surface area contributed by atoms with Crippen molar-refractivity contribution in [2.75, 3.05) is 25.7 Å². The van der Waals surface area contributed by atoms with Crippen LogP contribution in [0, 0.1) is 0 Å². The molecule has 0 aliphatic heterocycles. The average Bonchev–Trinajstić information content (AvgIpc) is 3.48. The van der Waals surface area contributed by atoms with Crippen LogP contribution in [0.25, 0.3) is 11.1 Å². The monoisotopic (exact) mass is 670 g/mol. The van der Waals surface area contributed by atoms with E-state index < -0.39 is 23.7 Å². The van der Waals surface area contributed by atoms with Crippen LogP contribution in [0.2, 0.25) is 0 Å². The third-order valence-electron chi connectivity index (χ3n) is 8.93. The number of ether oxygens (including phenoxy) is 2. The molecule has 0 saturated carbocycles. The molecule has 49 heavy (non-hydrogen) atoms. The molecule has 0 unspecified atom stereocenters. The van der Waals surface area contributed by atoms with Crippen molar-refractivity contribution in [1.29, 1.82) is 0 Å². The van der Waals surface area contributed by atoms with Crippen LogP contribution < -0.4 is 10.6 Å². The zero-order valence-corrected chi connectivity index (χ0v) is 28.2.